The highest BCUT2D eigenvalue weighted by molar-refractivity contribution is 5.72. The van der Waals surface area contributed by atoms with E-state index in [1.807, 2.05) is 0 Å². The van der Waals surface area contributed by atoms with Gasteiger partial charge in [0.2, 0.25) is 0 Å². The fourth-order valence-corrected chi connectivity index (χ4v) is 0.796. The number of hydrogen-bond acceptors (Lipinski definition) is 3. The third kappa shape index (κ3) is 1.95. The first-order valence-electron chi connectivity index (χ1n) is 3.24. The zero-order chi connectivity index (χ0) is 10.1. The summed E-state index contributed by atoms with van der Waals surface area (Å²) in [5.41, 5.74) is 3.84. The van der Waals surface area contributed by atoms with Crippen molar-refractivity contribution in [3.63, 3.8) is 0 Å². The van der Waals surface area contributed by atoms with Crippen molar-refractivity contribution in [1.29, 1.82) is 0 Å². The molecule has 3 nitrogen and oxygen atoms in total. The summed E-state index contributed by atoms with van der Waals surface area (Å²) in [6, 6.07) is 1.69. The van der Waals surface area contributed by atoms with Gasteiger partial charge in [0.1, 0.15) is 11.5 Å². The van der Waals surface area contributed by atoms with Crippen LogP contribution >= 0.6 is 0 Å². The van der Waals surface area contributed by atoms with Crippen molar-refractivity contribution in [3.05, 3.63) is 23.4 Å². The van der Waals surface area contributed by atoms with Crippen molar-refractivity contribution >= 4 is 12.1 Å². The Morgan fingerprint density at radius 2 is 2.00 bits per heavy atom. The van der Waals surface area contributed by atoms with Crippen LogP contribution in [0, 0.1) is 0 Å². The van der Waals surface area contributed by atoms with Gasteiger partial charge in [-0.25, -0.2) is 4.98 Å². The summed E-state index contributed by atoms with van der Waals surface area (Å²) in [5.74, 6) is -0.683. The highest BCUT2D eigenvalue weighted by Crippen LogP contribution is 2.32. The summed E-state index contributed by atoms with van der Waals surface area (Å²) in [5, 5.41) is 0. The minimum absolute atomic E-state index is 0.120. The number of halogens is 3. The molecule has 0 aliphatic carbocycles. The highest BCUT2D eigenvalue weighted by atomic mass is 19.4. The fourth-order valence-electron chi connectivity index (χ4n) is 0.796. The van der Waals surface area contributed by atoms with E-state index >= 15 is 0 Å². The molecular formula is C7H5F3N2O. The zero-order valence-electron chi connectivity index (χ0n) is 6.30. The molecule has 0 aliphatic heterocycles. The molecule has 0 unspecified atom stereocenters. The second-order valence-electron chi connectivity index (χ2n) is 2.28. The quantitative estimate of drug-likeness (QED) is 0.682. The van der Waals surface area contributed by atoms with Crippen LogP contribution in [0.4, 0.5) is 19.0 Å². The van der Waals surface area contributed by atoms with Gasteiger partial charge in [-0.05, 0) is 12.1 Å². The molecule has 0 radical (unpaired) electrons. The maximum absolute atomic E-state index is 12.1. The van der Waals surface area contributed by atoms with Gasteiger partial charge in [-0.3, -0.25) is 4.79 Å². The number of nitrogen functional groups attached to an aromatic ring is 1. The molecule has 0 amide bonds. The van der Waals surface area contributed by atoms with Gasteiger partial charge in [-0.1, -0.05) is 0 Å². The molecule has 13 heavy (non-hydrogen) atoms. The monoisotopic (exact) mass is 190 g/mol. The van der Waals surface area contributed by atoms with E-state index in [-0.39, 0.29) is 5.69 Å². The minimum atomic E-state index is -4.53. The van der Waals surface area contributed by atoms with Crippen LogP contribution in [0.3, 0.4) is 0 Å². The largest absolute Gasteiger partial charge is 0.419 e. The number of carbonyl (C=O) groups excluding carboxylic acids is 1. The van der Waals surface area contributed by atoms with Crippen LogP contribution in [-0.4, -0.2) is 11.3 Å². The first-order valence-corrected chi connectivity index (χ1v) is 3.24. The fraction of sp³-hybridized carbons (Fsp3) is 0.143. The summed E-state index contributed by atoms with van der Waals surface area (Å²) >= 11 is 0. The number of nitrogens with two attached hydrogens (primary N) is 1. The van der Waals surface area contributed by atoms with Crippen LogP contribution in [0.2, 0.25) is 0 Å². The lowest BCUT2D eigenvalue weighted by atomic mass is 10.2. The van der Waals surface area contributed by atoms with Crippen molar-refractivity contribution in [2.24, 2.45) is 0 Å². The Kier molecular flexibility index (Phi) is 2.22. The van der Waals surface area contributed by atoms with E-state index in [1.54, 1.807) is 0 Å². The lowest BCUT2D eigenvalue weighted by Gasteiger charge is -2.08. The van der Waals surface area contributed by atoms with Crippen LogP contribution < -0.4 is 5.73 Å². The summed E-state index contributed by atoms with van der Waals surface area (Å²) in [4.78, 5) is 13.4. The number of pyridine rings is 1. The summed E-state index contributed by atoms with van der Waals surface area (Å²) in [7, 11) is 0. The molecule has 0 aromatic carbocycles. The summed E-state index contributed by atoms with van der Waals surface area (Å²) < 4.78 is 36.2. The van der Waals surface area contributed by atoms with Gasteiger partial charge in [0.25, 0.3) is 0 Å². The van der Waals surface area contributed by atoms with E-state index < -0.39 is 17.6 Å². The lowest BCUT2D eigenvalue weighted by molar-refractivity contribution is -0.137. The van der Waals surface area contributed by atoms with Gasteiger partial charge >= 0.3 is 6.18 Å². The lowest BCUT2D eigenvalue weighted by Crippen LogP contribution is -2.11. The Bertz CT molecular complexity index is 335. The summed E-state index contributed by atoms with van der Waals surface area (Å²) in [6.45, 7) is 0. The molecule has 6 heteroatoms. The first kappa shape index (κ1) is 9.50. The number of nitrogens with zero attached hydrogens (tertiary/aromatic N) is 1. The van der Waals surface area contributed by atoms with E-state index in [0.29, 0.717) is 6.29 Å². The van der Waals surface area contributed by atoms with Gasteiger partial charge in [-0.15, -0.1) is 0 Å². The van der Waals surface area contributed by atoms with Crippen molar-refractivity contribution in [2.75, 3.05) is 5.73 Å². The van der Waals surface area contributed by atoms with Crippen LogP contribution in [-0.2, 0) is 6.18 Å². The number of rotatable bonds is 1. The van der Waals surface area contributed by atoms with Crippen LogP contribution in [0.1, 0.15) is 16.1 Å². The number of aromatic nitrogens is 1. The maximum atomic E-state index is 12.1. The first-order chi connectivity index (χ1) is 5.95. The standard InChI is InChI=1S/C7H5F3N2O/c8-7(9,10)5-2-1-4(3-13)12-6(5)11/h1-3H,(H2,11,12). The van der Waals surface area contributed by atoms with Gasteiger partial charge in [0, 0.05) is 0 Å². The normalized spacial score (nSPS) is 11.3. The van der Waals surface area contributed by atoms with Gasteiger partial charge in [-0.2, -0.15) is 13.2 Å². The second-order valence-corrected chi connectivity index (χ2v) is 2.28. The Hall–Kier alpha value is -1.59. The molecule has 0 fully saturated rings. The third-order valence-corrected chi connectivity index (χ3v) is 1.37. The van der Waals surface area contributed by atoms with E-state index in [2.05, 4.69) is 4.98 Å². The molecule has 1 aromatic rings. The third-order valence-electron chi connectivity index (χ3n) is 1.37. The average molecular weight is 190 g/mol. The SMILES string of the molecule is Nc1nc(C=O)ccc1C(F)(F)F. The average Bonchev–Trinajstić information content (AvgIpc) is 2.01. The Morgan fingerprint density at radius 3 is 2.38 bits per heavy atom. The van der Waals surface area contributed by atoms with Crippen molar-refractivity contribution in [3.8, 4) is 0 Å². The molecule has 70 valence electrons. The summed E-state index contributed by atoms with van der Waals surface area (Å²) in [6.07, 6.45) is -4.20. The van der Waals surface area contributed by atoms with Crippen molar-refractivity contribution < 1.29 is 18.0 Å². The van der Waals surface area contributed by atoms with E-state index in [1.165, 1.54) is 0 Å². The van der Waals surface area contributed by atoms with Gasteiger partial charge in [0.15, 0.2) is 6.29 Å². The van der Waals surface area contributed by atoms with E-state index in [9.17, 15) is 18.0 Å². The molecule has 2 N–H and O–H groups in total. The van der Waals surface area contributed by atoms with Crippen LogP contribution in [0.15, 0.2) is 12.1 Å². The molecule has 1 heterocycles. The number of anilines is 1. The zero-order valence-corrected chi connectivity index (χ0v) is 6.30. The van der Waals surface area contributed by atoms with E-state index in [4.69, 9.17) is 5.73 Å². The molecular weight excluding hydrogens is 185 g/mol. The topological polar surface area (TPSA) is 56.0 Å². The molecule has 0 atom stereocenters. The molecule has 0 spiro atoms. The Balaban J connectivity index is 3.20. The molecule has 1 rings (SSSR count). The van der Waals surface area contributed by atoms with Crippen LogP contribution in [0.5, 0.6) is 0 Å². The molecule has 0 bridgehead atoms. The highest BCUT2D eigenvalue weighted by Gasteiger charge is 2.33. The molecule has 0 saturated carbocycles. The van der Waals surface area contributed by atoms with Crippen molar-refractivity contribution in [2.45, 2.75) is 6.18 Å². The number of alkyl halides is 3. The number of aldehydes is 1. The molecule has 0 saturated heterocycles. The van der Waals surface area contributed by atoms with E-state index in [0.717, 1.165) is 12.1 Å². The van der Waals surface area contributed by atoms with Crippen LogP contribution in [0.25, 0.3) is 0 Å². The molecule has 0 aliphatic rings. The van der Waals surface area contributed by atoms with Crippen molar-refractivity contribution in [1.82, 2.24) is 4.98 Å². The maximum Gasteiger partial charge on any atom is 0.419 e. The predicted molar refractivity (Wildman–Crippen MR) is 39.0 cm³/mol. The molecule has 1 aromatic heterocycles. The number of hydrogen-bond donors (Lipinski definition) is 1. The van der Waals surface area contributed by atoms with Gasteiger partial charge in [0.05, 0.1) is 5.56 Å². The Labute approximate surface area is 71.4 Å². The Morgan fingerprint density at radius 1 is 1.38 bits per heavy atom. The number of carbonyl (C=O) groups is 1. The smallest absolute Gasteiger partial charge is 0.383 e. The second kappa shape index (κ2) is 3.04. The predicted octanol–water partition coefficient (Wildman–Crippen LogP) is 1.50. The van der Waals surface area contributed by atoms with Gasteiger partial charge < -0.3 is 5.73 Å². The minimum Gasteiger partial charge on any atom is -0.383 e.